The van der Waals surface area contributed by atoms with E-state index in [9.17, 15) is 18.0 Å². The highest BCUT2D eigenvalue weighted by atomic mass is 32.2. The summed E-state index contributed by atoms with van der Waals surface area (Å²) in [7, 11) is 1.56. The van der Waals surface area contributed by atoms with Gasteiger partial charge in [-0.3, -0.25) is 4.79 Å². The molecule has 0 fully saturated rings. The Hall–Kier alpha value is -1.37. The lowest BCUT2D eigenvalue weighted by atomic mass is 9.92. The van der Waals surface area contributed by atoms with E-state index in [2.05, 4.69) is 0 Å². The summed E-state index contributed by atoms with van der Waals surface area (Å²) in [5.41, 5.74) is 0.274. The fourth-order valence-electron chi connectivity index (χ4n) is 1.82. The van der Waals surface area contributed by atoms with Crippen LogP contribution in [0, 0.1) is 5.41 Å². The number of halogens is 3. The normalized spacial score (nSPS) is 12.1. The first-order chi connectivity index (χ1) is 10.6. The van der Waals surface area contributed by atoms with E-state index in [1.807, 2.05) is 0 Å². The van der Waals surface area contributed by atoms with Gasteiger partial charge in [0, 0.05) is 0 Å². The molecule has 0 unspecified atom stereocenters. The third-order valence-corrected chi connectivity index (χ3v) is 4.46. The second kappa shape index (κ2) is 8.47. The number of hydrogen-bond donors (Lipinski definition) is 0. The van der Waals surface area contributed by atoms with Crippen molar-refractivity contribution in [3.63, 3.8) is 0 Å². The molecule has 130 valence electrons. The molecule has 0 N–H and O–H groups in total. The maximum Gasteiger partial charge on any atom is 0.397 e. The van der Waals surface area contributed by atoms with Crippen molar-refractivity contribution in [2.24, 2.45) is 5.41 Å². The van der Waals surface area contributed by atoms with Crippen molar-refractivity contribution in [3.05, 3.63) is 29.8 Å². The summed E-state index contributed by atoms with van der Waals surface area (Å²) in [6.07, 6.45) is -4.11. The maximum atomic E-state index is 12.1. The summed E-state index contributed by atoms with van der Waals surface area (Å²) in [6, 6.07) is 7.11. The van der Waals surface area contributed by atoms with Gasteiger partial charge in [0.25, 0.3) is 0 Å². The molecule has 0 amide bonds. The summed E-state index contributed by atoms with van der Waals surface area (Å²) in [5, 5.41) is 0. The van der Waals surface area contributed by atoms with Crippen LogP contribution in [0.25, 0.3) is 0 Å². The standard InChI is InChI=1S/C16H21F3O3S/c1-15(2,10-23-11-16(17,18)19)8-14(20)22-9-12-4-6-13(21-3)7-5-12/h4-7H,8-11H2,1-3H3. The third-order valence-electron chi connectivity index (χ3n) is 2.94. The number of ether oxygens (including phenoxy) is 2. The van der Waals surface area contributed by atoms with Gasteiger partial charge in [-0.05, 0) is 28.9 Å². The van der Waals surface area contributed by atoms with Gasteiger partial charge in [0.05, 0.1) is 19.3 Å². The minimum atomic E-state index is -4.18. The lowest BCUT2D eigenvalue weighted by molar-refractivity contribution is -0.147. The number of alkyl halides is 3. The third kappa shape index (κ3) is 8.74. The molecular formula is C16H21F3O3S. The molecule has 0 aliphatic heterocycles. The number of benzene rings is 1. The molecule has 0 saturated heterocycles. The summed E-state index contributed by atoms with van der Waals surface area (Å²) < 4.78 is 46.6. The van der Waals surface area contributed by atoms with E-state index < -0.39 is 23.3 Å². The van der Waals surface area contributed by atoms with Gasteiger partial charge in [-0.1, -0.05) is 26.0 Å². The van der Waals surface area contributed by atoms with Gasteiger partial charge >= 0.3 is 12.1 Å². The second-order valence-electron chi connectivity index (χ2n) is 5.96. The number of esters is 1. The van der Waals surface area contributed by atoms with Gasteiger partial charge in [-0.25, -0.2) is 0 Å². The summed E-state index contributed by atoms with van der Waals surface area (Å²) in [6.45, 7) is 3.64. The molecule has 3 nitrogen and oxygen atoms in total. The smallest absolute Gasteiger partial charge is 0.397 e. The van der Waals surface area contributed by atoms with E-state index in [0.717, 1.165) is 17.3 Å². The average molecular weight is 350 g/mol. The van der Waals surface area contributed by atoms with Crippen LogP contribution in [0.15, 0.2) is 24.3 Å². The monoisotopic (exact) mass is 350 g/mol. The van der Waals surface area contributed by atoms with E-state index in [1.54, 1.807) is 45.2 Å². The van der Waals surface area contributed by atoms with Crippen LogP contribution in [0.3, 0.4) is 0 Å². The fourth-order valence-corrected chi connectivity index (χ4v) is 2.81. The van der Waals surface area contributed by atoms with E-state index in [1.165, 1.54) is 0 Å². The molecule has 0 atom stereocenters. The molecule has 0 aliphatic carbocycles. The van der Waals surface area contributed by atoms with E-state index in [4.69, 9.17) is 9.47 Å². The predicted octanol–water partition coefficient (Wildman–Crippen LogP) is 4.45. The van der Waals surface area contributed by atoms with Crippen LogP contribution in [0.2, 0.25) is 0 Å². The number of hydrogen-bond acceptors (Lipinski definition) is 4. The summed E-state index contributed by atoms with van der Waals surface area (Å²) in [5.74, 6) is -0.372. The van der Waals surface area contributed by atoms with Crippen LogP contribution in [0.5, 0.6) is 5.75 Å². The van der Waals surface area contributed by atoms with Crippen LogP contribution >= 0.6 is 11.8 Å². The molecule has 1 rings (SSSR count). The zero-order valence-electron chi connectivity index (χ0n) is 13.4. The van der Waals surface area contributed by atoms with Crippen LogP contribution < -0.4 is 4.74 Å². The molecule has 0 saturated carbocycles. The molecule has 0 radical (unpaired) electrons. The van der Waals surface area contributed by atoms with Crippen LogP contribution in [-0.4, -0.2) is 30.8 Å². The average Bonchev–Trinajstić information content (AvgIpc) is 2.43. The Labute approximate surface area is 138 Å². The topological polar surface area (TPSA) is 35.5 Å². The quantitative estimate of drug-likeness (QED) is 0.649. The van der Waals surface area contributed by atoms with Crippen molar-refractivity contribution in [1.29, 1.82) is 0 Å². The Morgan fingerprint density at radius 3 is 2.26 bits per heavy atom. The number of carbonyl (C=O) groups is 1. The minimum absolute atomic E-state index is 0.0774. The van der Waals surface area contributed by atoms with Gasteiger partial charge in [0.2, 0.25) is 0 Å². The van der Waals surface area contributed by atoms with Gasteiger partial charge in [-0.2, -0.15) is 24.9 Å². The van der Waals surface area contributed by atoms with E-state index >= 15 is 0 Å². The minimum Gasteiger partial charge on any atom is -0.497 e. The van der Waals surface area contributed by atoms with Crippen molar-refractivity contribution in [2.45, 2.75) is 33.1 Å². The van der Waals surface area contributed by atoms with Gasteiger partial charge in [-0.15, -0.1) is 0 Å². The second-order valence-corrected chi connectivity index (χ2v) is 6.94. The highest BCUT2D eigenvalue weighted by Gasteiger charge is 2.30. The highest BCUT2D eigenvalue weighted by Crippen LogP contribution is 2.30. The Kier molecular flexibility index (Phi) is 7.25. The first kappa shape index (κ1) is 19.7. The fraction of sp³-hybridized carbons (Fsp3) is 0.562. The lowest BCUT2D eigenvalue weighted by Gasteiger charge is -2.23. The molecule has 7 heteroatoms. The SMILES string of the molecule is COc1ccc(COC(=O)CC(C)(C)CSCC(F)(F)F)cc1. The van der Waals surface area contributed by atoms with Crippen LogP contribution in [0.1, 0.15) is 25.8 Å². The molecule has 23 heavy (non-hydrogen) atoms. The van der Waals surface area contributed by atoms with Crippen molar-refractivity contribution in [2.75, 3.05) is 18.6 Å². The molecule has 0 bridgehead atoms. The number of thioether (sulfide) groups is 1. The van der Waals surface area contributed by atoms with Crippen molar-refractivity contribution in [3.8, 4) is 5.75 Å². The lowest BCUT2D eigenvalue weighted by Crippen LogP contribution is -2.23. The molecule has 1 aromatic carbocycles. The first-order valence-corrected chi connectivity index (χ1v) is 8.20. The number of methoxy groups -OCH3 is 1. The highest BCUT2D eigenvalue weighted by molar-refractivity contribution is 7.99. The van der Waals surface area contributed by atoms with Crippen molar-refractivity contribution >= 4 is 17.7 Å². The molecule has 0 aromatic heterocycles. The Bertz CT molecular complexity index is 498. The first-order valence-electron chi connectivity index (χ1n) is 7.04. The largest absolute Gasteiger partial charge is 0.497 e. The zero-order valence-corrected chi connectivity index (χ0v) is 14.2. The maximum absolute atomic E-state index is 12.1. The Morgan fingerprint density at radius 2 is 1.74 bits per heavy atom. The van der Waals surface area contributed by atoms with Gasteiger partial charge < -0.3 is 9.47 Å². The Balaban J connectivity index is 2.36. The molecule has 0 aliphatic rings. The summed E-state index contributed by atoms with van der Waals surface area (Å²) >= 11 is 0.781. The molecular weight excluding hydrogens is 329 g/mol. The zero-order chi connectivity index (χ0) is 17.5. The summed E-state index contributed by atoms with van der Waals surface area (Å²) in [4.78, 5) is 11.8. The number of carbonyl (C=O) groups excluding carboxylic acids is 1. The van der Waals surface area contributed by atoms with Crippen molar-refractivity contribution < 1.29 is 27.4 Å². The van der Waals surface area contributed by atoms with Gasteiger partial charge in [0.1, 0.15) is 12.4 Å². The van der Waals surface area contributed by atoms with E-state index in [-0.39, 0.29) is 18.8 Å². The molecule has 1 aromatic rings. The van der Waals surface area contributed by atoms with Gasteiger partial charge in [0.15, 0.2) is 0 Å². The predicted molar refractivity (Wildman–Crippen MR) is 84.6 cm³/mol. The molecule has 0 spiro atoms. The van der Waals surface area contributed by atoms with Crippen LogP contribution in [-0.2, 0) is 16.1 Å². The Morgan fingerprint density at radius 1 is 1.13 bits per heavy atom. The van der Waals surface area contributed by atoms with E-state index in [0.29, 0.717) is 5.75 Å². The van der Waals surface area contributed by atoms with Crippen molar-refractivity contribution in [1.82, 2.24) is 0 Å². The molecule has 0 heterocycles. The number of rotatable bonds is 8. The van der Waals surface area contributed by atoms with Crippen LogP contribution in [0.4, 0.5) is 13.2 Å².